The topological polar surface area (TPSA) is 83.0 Å². The number of anilines is 1. The number of carboxylic acids is 1. The Morgan fingerprint density at radius 2 is 1.82 bits per heavy atom. The van der Waals surface area contributed by atoms with Crippen molar-refractivity contribution >= 4 is 27.8 Å². The summed E-state index contributed by atoms with van der Waals surface area (Å²) in [6.45, 7) is 0.370. The van der Waals surface area contributed by atoms with Crippen LogP contribution in [0.5, 0.6) is 0 Å². The van der Waals surface area contributed by atoms with Gasteiger partial charge in [-0.3, -0.25) is 19.6 Å². The number of aliphatic carboxylic acids is 1. The van der Waals surface area contributed by atoms with E-state index in [9.17, 15) is 34.1 Å². The van der Waals surface area contributed by atoms with Crippen LogP contribution in [0.3, 0.4) is 0 Å². The van der Waals surface area contributed by atoms with Crippen LogP contribution < -0.4 is 4.90 Å². The number of pyridine rings is 1. The molecule has 0 spiro atoms. The minimum Gasteiger partial charge on any atom is -0.479 e. The van der Waals surface area contributed by atoms with Gasteiger partial charge in [0.1, 0.15) is 4.90 Å². The van der Waals surface area contributed by atoms with Gasteiger partial charge in [0.2, 0.25) is 5.91 Å². The number of halogens is 5. The first-order chi connectivity index (χ1) is 15.1. The van der Waals surface area contributed by atoms with E-state index in [1.54, 1.807) is 11.9 Å². The zero-order chi connectivity index (χ0) is 24.7. The molecule has 3 atom stereocenters. The third kappa shape index (κ3) is 5.42. The van der Waals surface area contributed by atoms with Crippen molar-refractivity contribution in [1.29, 1.82) is 0 Å². The lowest BCUT2D eigenvalue weighted by Gasteiger charge is -2.41. The van der Waals surface area contributed by atoms with Gasteiger partial charge in [0.25, 0.3) is 0 Å². The summed E-state index contributed by atoms with van der Waals surface area (Å²) in [6.07, 6.45) is 2.48. The van der Waals surface area contributed by atoms with Crippen molar-refractivity contribution < 1.29 is 38.9 Å². The summed E-state index contributed by atoms with van der Waals surface area (Å²) in [7, 11) is -6.88. The van der Waals surface area contributed by atoms with E-state index in [4.69, 9.17) is 4.74 Å². The summed E-state index contributed by atoms with van der Waals surface area (Å²) in [5, 5.41) is 9.93. The van der Waals surface area contributed by atoms with Crippen LogP contribution in [0.1, 0.15) is 18.0 Å². The molecule has 0 aliphatic carbocycles. The number of aromatic nitrogens is 1. The Bertz CT molecular complexity index is 1040. The maximum Gasteiger partial charge on any atom is 0.331 e. The van der Waals surface area contributed by atoms with E-state index in [1.165, 1.54) is 31.6 Å². The van der Waals surface area contributed by atoms with E-state index in [-0.39, 0.29) is 35.9 Å². The molecule has 3 rings (SSSR count). The number of nitrogens with zero attached hydrogens (tertiary/aromatic N) is 3. The van der Waals surface area contributed by atoms with E-state index in [2.05, 4.69) is 4.98 Å². The minimum absolute atomic E-state index is 0.0825. The number of rotatable bonds is 7. The van der Waals surface area contributed by atoms with Crippen LogP contribution in [-0.4, -0.2) is 59.7 Å². The molecule has 1 aliphatic rings. The molecule has 0 bridgehead atoms. The molecule has 1 aliphatic heterocycles. The van der Waals surface area contributed by atoms with Crippen LogP contribution in [0.4, 0.5) is 25.1 Å². The van der Waals surface area contributed by atoms with E-state index in [0.717, 1.165) is 4.90 Å². The molecule has 0 radical (unpaired) electrons. The quantitative estimate of drug-likeness (QED) is 0.565. The zero-order valence-electron chi connectivity index (χ0n) is 17.6. The van der Waals surface area contributed by atoms with Crippen LogP contribution in [0.25, 0.3) is 0 Å². The molecule has 13 heteroatoms. The number of likely N-dealkylation sites (N-methyl/N-ethyl adjacent to an activating group) is 1. The third-order valence-electron chi connectivity index (χ3n) is 5.42. The lowest BCUT2D eigenvalue weighted by molar-refractivity contribution is -0.140. The van der Waals surface area contributed by atoms with E-state index in [1.807, 2.05) is 0 Å². The smallest absolute Gasteiger partial charge is 0.331 e. The number of ether oxygens (including phenoxy) is 1. The second-order valence-corrected chi connectivity index (χ2v) is 10.2. The molecule has 1 amide bonds. The first-order valence-electron chi connectivity index (χ1n) is 9.65. The molecule has 1 aromatic carbocycles. The predicted molar refractivity (Wildman–Crippen MR) is 112 cm³/mol. The van der Waals surface area contributed by atoms with Crippen LogP contribution in [0.2, 0.25) is 0 Å². The van der Waals surface area contributed by atoms with Gasteiger partial charge in [-0.15, -0.1) is 0 Å². The highest BCUT2D eigenvalue weighted by Gasteiger charge is 2.65. The molecule has 2 aromatic rings. The predicted octanol–water partition coefficient (Wildman–Crippen LogP) is 4.62. The SMILES string of the molecule is CO[C@@H]1C[C@H](C(=O)N(c2ccc(S(F)(F)(F)(F)F)cc2)C(C(=O)O)c2cccnc2)N(C)C1. The van der Waals surface area contributed by atoms with Crippen molar-refractivity contribution in [2.45, 2.75) is 29.5 Å². The Hall–Kier alpha value is -2.77. The molecule has 1 aromatic heterocycles. The van der Waals surface area contributed by atoms with Gasteiger partial charge in [0, 0.05) is 37.3 Å². The molecule has 1 unspecified atom stereocenters. The Balaban J connectivity index is 2.11. The molecule has 1 N–H and O–H groups in total. The fourth-order valence-electron chi connectivity index (χ4n) is 3.78. The minimum atomic E-state index is -9.95. The van der Waals surface area contributed by atoms with Crippen molar-refractivity contribution in [3.63, 3.8) is 0 Å². The molecular formula is C20H22F5N3O4S. The van der Waals surface area contributed by atoms with Crippen LogP contribution in [-0.2, 0) is 14.3 Å². The van der Waals surface area contributed by atoms with Gasteiger partial charge in [0.15, 0.2) is 6.04 Å². The first-order valence-corrected chi connectivity index (χ1v) is 11.6. The van der Waals surface area contributed by atoms with E-state index in [0.29, 0.717) is 18.7 Å². The summed E-state index contributed by atoms with van der Waals surface area (Å²) in [5.41, 5.74) is -0.199. The van der Waals surface area contributed by atoms with Gasteiger partial charge < -0.3 is 9.84 Å². The third-order valence-corrected chi connectivity index (χ3v) is 6.58. The summed E-state index contributed by atoms with van der Waals surface area (Å²) < 4.78 is 71.1. The highest BCUT2D eigenvalue weighted by atomic mass is 32.5. The number of methoxy groups -OCH3 is 1. The second-order valence-electron chi connectivity index (χ2n) is 7.75. The molecule has 1 saturated heterocycles. The molecule has 0 saturated carbocycles. The maximum atomic E-state index is 13.5. The van der Waals surface area contributed by atoms with Gasteiger partial charge in [0.05, 0.1) is 12.1 Å². The highest BCUT2D eigenvalue weighted by Crippen LogP contribution is 3.02. The van der Waals surface area contributed by atoms with E-state index >= 15 is 0 Å². The van der Waals surface area contributed by atoms with E-state index < -0.39 is 39.1 Å². The Kier molecular flexibility index (Phi) is 5.97. The molecule has 2 heterocycles. The lowest BCUT2D eigenvalue weighted by atomic mass is 10.0. The highest BCUT2D eigenvalue weighted by molar-refractivity contribution is 8.45. The maximum absolute atomic E-state index is 13.5. The number of hydrogen-bond donors (Lipinski definition) is 1. The lowest BCUT2D eigenvalue weighted by Crippen LogP contribution is -2.48. The number of benzene rings is 1. The van der Waals surface area contributed by atoms with Crippen molar-refractivity contribution in [1.82, 2.24) is 9.88 Å². The number of likely N-dealkylation sites (tertiary alicyclic amines) is 1. The second kappa shape index (κ2) is 7.92. The normalized spacial score (nSPS) is 22.3. The fourth-order valence-corrected chi connectivity index (χ4v) is 4.43. The number of carbonyl (C=O) groups excluding carboxylic acids is 1. The molecular weight excluding hydrogens is 473 g/mol. The number of amides is 1. The monoisotopic (exact) mass is 495 g/mol. The summed E-state index contributed by atoms with van der Waals surface area (Å²) >= 11 is 0. The molecule has 33 heavy (non-hydrogen) atoms. The van der Waals surface area contributed by atoms with Crippen LogP contribution in [0, 0.1) is 0 Å². The Morgan fingerprint density at radius 1 is 1.18 bits per heavy atom. The Labute approximate surface area is 186 Å². The average Bonchev–Trinajstić information content (AvgIpc) is 3.11. The van der Waals surface area contributed by atoms with Gasteiger partial charge in [-0.2, -0.15) is 0 Å². The van der Waals surface area contributed by atoms with Crippen LogP contribution in [0.15, 0.2) is 53.7 Å². The number of carbonyl (C=O) groups is 2. The molecule has 182 valence electrons. The number of hydrogen-bond acceptors (Lipinski definition) is 5. The summed E-state index contributed by atoms with van der Waals surface area (Å²) in [5.74, 6) is -2.20. The van der Waals surface area contributed by atoms with Crippen LogP contribution >= 0.6 is 10.2 Å². The standard InChI is InChI=1S/C20H22F5N3O4S/c1-27-12-15(32-2)10-17(27)19(29)28(18(20(30)31)13-4-3-9-26-11-13)14-5-7-16(8-6-14)33(21,22,23,24)25/h3-9,11,15,17-18H,10,12H2,1-2H3,(H,30,31)/t15-,17-,18?/m1/s1. The first kappa shape index (κ1) is 24.9. The zero-order valence-corrected chi connectivity index (χ0v) is 18.4. The molecule has 1 fully saturated rings. The Morgan fingerprint density at radius 3 is 2.27 bits per heavy atom. The van der Waals surface area contributed by atoms with Gasteiger partial charge >= 0.3 is 16.2 Å². The average molecular weight is 495 g/mol. The van der Waals surface area contributed by atoms with Gasteiger partial charge in [-0.05, 0) is 43.8 Å². The number of carboxylic acid groups (broad SMARTS) is 1. The van der Waals surface area contributed by atoms with Crippen molar-refractivity contribution in [2.24, 2.45) is 0 Å². The summed E-state index contributed by atoms with van der Waals surface area (Å²) in [4.78, 5) is 29.9. The molecule has 7 nitrogen and oxygen atoms in total. The van der Waals surface area contributed by atoms with Gasteiger partial charge in [-0.1, -0.05) is 25.5 Å². The fraction of sp³-hybridized carbons (Fsp3) is 0.350. The van der Waals surface area contributed by atoms with Crippen molar-refractivity contribution in [3.05, 3.63) is 54.4 Å². The summed E-state index contributed by atoms with van der Waals surface area (Å²) in [6, 6.07) is 1.96. The van der Waals surface area contributed by atoms with Gasteiger partial charge in [-0.25, -0.2) is 4.79 Å². The largest absolute Gasteiger partial charge is 0.479 e. The van der Waals surface area contributed by atoms with Crippen molar-refractivity contribution in [3.8, 4) is 0 Å². The van der Waals surface area contributed by atoms with Crippen molar-refractivity contribution in [2.75, 3.05) is 25.6 Å².